The van der Waals surface area contributed by atoms with Crippen molar-refractivity contribution in [1.29, 1.82) is 0 Å². The highest BCUT2D eigenvalue weighted by Crippen LogP contribution is 2.24. The van der Waals surface area contributed by atoms with Crippen LogP contribution in [0.1, 0.15) is 20.8 Å². The van der Waals surface area contributed by atoms with E-state index in [-0.39, 0.29) is 10.9 Å². The van der Waals surface area contributed by atoms with Gasteiger partial charge in [0.2, 0.25) is 11.2 Å². The van der Waals surface area contributed by atoms with Crippen molar-refractivity contribution in [2.24, 2.45) is 0 Å². The van der Waals surface area contributed by atoms with Crippen LogP contribution >= 0.6 is 11.6 Å². The second kappa shape index (κ2) is 3.34. The lowest BCUT2D eigenvalue weighted by molar-refractivity contribution is 0.126. The summed E-state index contributed by atoms with van der Waals surface area (Å²) in [6.07, 6.45) is 1.53. The number of nitrogens with zero attached hydrogens (tertiary/aromatic N) is 3. The van der Waals surface area contributed by atoms with Crippen LogP contribution in [0.2, 0.25) is 5.28 Å². The number of halogens is 1. The predicted octanol–water partition coefficient (Wildman–Crippen LogP) is 2.18. The SMILES string of the molecule is CC(C)(C)Oc1nc(Cl)nc2nc[nH]c12. The lowest BCUT2D eigenvalue weighted by atomic mass is 10.2. The minimum absolute atomic E-state index is 0.133. The highest BCUT2D eigenvalue weighted by atomic mass is 35.5. The van der Waals surface area contributed by atoms with Gasteiger partial charge in [-0.15, -0.1) is 0 Å². The fourth-order valence-corrected chi connectivity index (χ4v) is 1.30. The molecule has 0 aliphatic rings. The van der Waals surface area contributed by atoms with Gasteiger partial charge in [0.05, 0.1) is 6.33 Å². The minimum atomic E-state index is -0.338. The standard InChI is InChI=1S/C9H11ClN4O/c1-9(2,3)15-7-5-6(12-4-11-5)13-8(10)14-7/h4H,1-3H3,(H,11,12,13,14). The number of aromatic nitrogens is 4. The Morgan fingerprint density at radius 2 is 2.07 bits per heavy atom. The first-order valence-corrected chi connectivity index (χ1v) is 4.89. The van der Waals surface area contributed by atoms with Gasteiger partial charge in [0, 0.05) is 0 Å². The molecule has 2 aromatic heterocycles. The molecule has 6 heteroatoms. The lowest BCUT2D eigenvalue weighted by Gasteiger charge is -2.20. The van der Waals surface area contributed by atoms with Crippen molar-refractivity contribution < 1.29 is 4.74 Å². The molecule has 0 bridgehead atoms. The molecule has 0 fully saturated rings. The third-order valence-corrected chi connectivity index (χ3v) is 1.80. The lowest BCUT2D eigenvalue weighted by Crippen LogP contribution is -2.23. The Labute approximate surface area is 91.9 Å². The van der Waals surface area contributed by atoms with E-state index in [1.807, 2.05) is 20.8 Å². The van der Waals surface area contributed by atoms with Crippen molar-refractivity contribution in [1.82, 2.24) is 19.9 Å². The fourth-order valence-electron chi connectivity index (χ4n) is 1.15. The zero-order chi connectivity index (χ0) is 11.1. The van der Waals surface area contributed by atoms with Crippen molar-refractivity contribution in [2.45, 2.75) is 26.4 Å². The molecule has 0 amide bonds. The Balaban J connectivity index is 2.53. The second-order valence-electron chi connectivity index (χ2n) is 4.11. The predicted molar refractivity (Wildman–Crippen MR) is 57.1 cm³/mol. The number of ether oxygens (including phenoxy) is 1. The zero-order valence-electron chi connectivity index (χ0n) is 8.71. The summed E-state index contributed by atoms with van der Waals surface area (Å²) < 4.78 is 5.65. The Morgan fingerprint density at radius 3 is 2.73 bits per heavy atom. The van der Waals surface area contributed by atoms with E-state index >= 15 is 0 Å². The topological polar surface area (TPSA) is 63.7 Å². The molecular weight excluding hydrogens is 216 g/mol. The van der Waals surface area contributed by atoms with E-state index in [1.54, 1.807) is 0 Å². The molecule has 0 aliphatic heterocycles. The quantitative estimate of drug-likeness (QED) is 0.757. The number of aromatic amines is 1. The number of hydrogen-bond acceptors (Lipinski definition) is 4. The number of hydrogen-bond donors (Lipinski definition) is 1. The number of imidazole rings is 1. The molecule has 1 N–H and O–H groups in total. The van der Waals surface area contributed by atoms with Crippen LogP contribution in [0.4, 0.5) is 0 Å². The average Bonchev–Trinajstić information content (AvgIpc) is 2.48. The van der Waals surface area contributed by atoms with E-state index in [1.165, 1.54) is 6.33 Å². The molecule has 0 spiro atoms. The molecular formula is C9H11ClN4O. The molecule has 2 heterocycles. The first-order valence-electron chi connectivity index (χ1n) is 4.51. The smallest absolute Gasteiger partial charge is 0.245 e. The monoisotopic (exact) mass is 226 g/mol. The fraction of sp³-hybridized carbons (Fsp3) is 0.444. The Kier molecular flexibility index (Phi) is 2.26. The minimum Gasteiger partial charge on any atom is -0.470 e. The van der Waals surface area contributed by atoms with Gasteiger partial charge >= 0.3 is 0 Å². The summed E-state index contributed by atoms with van der Waals surface area (Å²) in [5, 5.41) is 0.133. The van der Waals surface area contributed by atoms with E-state index in [0.717, 1.165) is 0 Å². The number of rotatable bonds is 1. The van der Waals surface area contributed by atoms with Crippen molar-refractivity contribution in [3.05, 3.63) is 11.6 Å². The van der Waals surface area contributed by atoms with Crippen molar-refractivity contribution in [2.75, 3.05) is 0 Å². The summed E-state index contributed by atoms with van der Waals surface area (Å²) in [6.45, 7) is 5.81. The van der Waals surface area contributed by atoms with E-state index < -0.39 is 0 Å². The van der Waals surface area contributed by atoms with Crippen LogP contribution in [-0.4, -0.2) is 25.5 Å². The van der Waals surface area contributed by atoms with Crippen LogP contribution in [0.15, 0.2) is 6.33 Å². The molecule has 15 heavy (non-hydrogen) atoms. The van der Waals surface area contributed by atoms with Gasteiger partial charge in [0.1, 0.15) is 11.1 Å². The highest BCUT2D eigenvalue weighted by molar-refractivity contribution is 6.28. The summed E-state index contributed by atoms with van der Waals surface area (Å²) in [6, 6.07) is 0. The van der Waals surface area contributed by atoms with E-state index in [9.17, 15) is 0 Å². The van der Waals surface area contributed by atoms with Crippen LogP contribution < -0.4 is 4.74 Å². The van der Waals surface area contributed by atoms with Crippen LogP contribution in [-0.2, 0) is 0 Å². The van der Waals surface area contributed by atoms with Crippen LogP contribution in [0, 0.1) is 0 Å². The normalized spacial score (nSPS) is 12.0. The van der Waals surface area contributed by atoms with Crippen LogP contribution in [0.3, 0.4) is 0 Å². The molecule has 5 nitrogen and oxygen atoms in total. The van der Waals surface area contributed by atoms with E-state index in [4.69, 9.17) is 16.3 Å². The van der Waals surface area contributed by atoms with Gasteiger partial charge in [-0.25, -0.2) is 4.98 Å². The van der Waals surface area contributed by atoms with Gasteiger partial charge in [-0.05, 0) is 32.4 Å². The molecule has 0 radical (unpaired) electrons. The van der Waals surface area contributed by atoms with Crippen LogP contribution in [0.5, 0.6) is 5.88 Å². The summed E-state index contributed by atoms with van der Waals surface area (Å²) in [7, 11) is 0. The maximum atomic E-state index is 5.75. The van der Waals surface area contributed by atoms with Crippen molar-refractivity contribution in [3.63, 3.8) is 0 Å². The number of H-pyrrole nitrogens is 1. The van der Waals surface area contributed by atoms with Gasteiger partial charge in [0.25, 0.3) is 0 Å². The van der Waals surface area contributed by atoms with Crippen molar-refractivity contribution >= 4 is 22.8 Å². The van der Waals surface area contributed by atoms with Gasteiger partial charge in [-0.1, -0.05) is 0 Å². The van der Waals surface area contributed by atoms with Gasteiger partial charge < -0.3 is 9.72 Å². The largest absolute Gasteiger partial charge is 0.470 e. The molecule has 0 aromatic carbocycles. The zero-order valence-corrected chi connectivity index (χ0v) is 9.46. The molecule has 0 saturated heterocycles. The number of nitrogens with one attached hydrogen (secondary N) is 1. The summed E-state index contributed by atoms with van der Waals surface area (Å²) in [5.74, 6) is 0.426. The Hall–Kier alpha value is -1.36. The first-order chi connectivity index (χ1) is 6.96. The molecule has 2 rings (SSSR count). The highest BCUT2D eigenvalue weighted by Gasteiger charge is 2.17. The summed E-state index contributed by atoms with van der Waals surface area (Å²) in [5.41, 5.74) is 0.832. The number of fused-ring (bicyclic) bond motifs is 1. The molecule has 80 valence electrons. The Bertz CT molecular complexity index is 488. The van der Waals surface area contributed by atoms with Crippen molar-refractivity contribution in [3.8, 4) is 5.88 Å². The first kappa shape index (κ1) is 10.2. The van der Waals surface area contributed by atoms with E-state index in [2.05, 4.69) is 19.9 Å². The van der Waals surface area contributed by atoms with Crippen LogP contribution in [0.25, 0.3) is 11.2 Å². The third kappa shape index (κ3) is 2.18. The molecule has 2 aromatic rings. The molecule has 0 atom stereocenters. The molecule has 0 unspecified atom stereocenters. The maximum Gasteiger partial charge on any atom is 0.245 e. The maximum absolute atomic E-state index is 5.75. The van der Waals surface area contributed by atoms with Gasteiger partial charge in [0.15, 0.2) is 5.65 Å². The van der Waals surface area contributed by atoms with E-state index in [0.29, 0.717) is 17.0 Å². The van der Waals surface area contributed by atoms with Gasteiger partial charge in [-0.2, -0.15) is 9.97 Å². The summed E-state index contributed by atoms with van der Waals surface area (Å²) in [4.78, 5) is 14.9. The molecule has 0 aliphatic carbocycles. The van der Waals surface area contributed by atoms with Gasteiger partial charge in [-0.3, -0.25) is 0 Å². The summed E-state index contributed by atoms with van der Waals surface area (Å²) >= 11 is 5.75. The average molecular weight is 227 g/mol. The molecule has 0 saturated carbocycles. The second-order valence-corrected chi connectivity index (χ2v) is 4.45. The Morgan fingerprint density at radius 1 is 1.33 bits per heavy atom. The third-order valence-electron chi connectivity index (χ3n) is 1.63.